The van der Waals surface area contributed by atoms with Crippen molar-refractivity contribution < 1.29 is 13.9 Å². The van der Waals surface area contributed by atoms with E-state index < -0.39 is 5.82 Å². The average molecular weight is 442 g/mol. The first-order valence-electron chi connectivity index (χ1n) is 11.3. The topological polar surface area (TPSA) is 61.8 Å². The van der Waals surface area contributed by atoms with E-state index in [4.69, 9.17) is 4.74 Å². The third-order valence-electron chi connectivity index (χ3n) is 6.32. The number of amides is 1. The van der Waals surface area contributed by atoms with Gasteiger partial charge in [0.15, 0.2) is 11.6 Å². The van der Waals surface area contributed by atoms with Gasteiger partial charge in [0, 0.05) is 43.7 Å². The van der Waals surface area contributed by atoms with E-state index in [0.29, 0.717) is 22.7 Å². The standard InChI is InChI=1S/C24H32FN5O2/c1-6-28-11-24(12-28)13-29(14-24)22-21(10-26-15-27-22)32-20-8-7-18(25)9-19(20)23(31)30(16(2)3)17(4)5/h7-10,15-17H,6,11-14H2,1-5H3. The Morgan fingerprint density at radius 1 is 1.16 bits per heavy atom. The van der Waals surface area contributed by atoms with Crippen LogP contribution in [0.5, 0.6) is 11.5 Å². The van der Waals surface area contributed by atoms with Gasteiger partial charge in [0.2, 0.25) is 0 Å². The van der Waals surface area contributed by atoms with Crippen LogP contribution < -0.4 is 9.64 Å². The van der Waals surface area contributed by atoms with Gasteiger partial charge in [-0.05, 0) is 52.4 Å². The summed E-state index contributed by atoms with van der Waals surface area (Å²) in [7, 11) is 0. The van der Waals surface area contributed by atoms with Crippen LogP contribution in [0.25, 0.3) is 0 Å². The fourth-order valence-electron chi connectivity index (χ4n) is 4.94. The molecule has 1 aromatic carbocycles. The van der Waals surface area contributed by atoms with Crippen molar-refractivity contribution in [1.29, 1.82) is 0 Å². The number of hydrogen-bond donors (Lipinski definition) is 0. The van der Waals surface area contributed by atoms with Gasteiger partial charge in [0.25, 0.3) is 5.91 Å². The first-order valence-corrected chi connectivity index (χ1v) is 11.3. The number of carbonyl (C=O) groups excluding carboxylic acids is 1. The van der Waals surface area contributed by atoms with E-state index in [2.05, 4.69) is 26.7 Å². The minimum Gasteiger partial charge on any atom is -0.451 e. The number of halogens is 1. The van der Waals surface area contributed by atoms with Crippen LogP contribution in [0, 0.1) is 11.2 Å². The lowest BCUT2D eigenvalue weighted by atomic mass is 9.73. The van der Waals surface area contributed by atoms with Crippen molar-refractivity contribution >= 4 is 11.7 Å². The van der Waals surface area contributed by atoms with Crippen LogP contribution in [0.3, 0.4) is 0 Å². The molecule has 1 spiro atoms. The second-order valence-electron chi connectivity index (χ2n) is 9.51. The second-order valence-corrected chi connectivity index (χ2v) is 9.51. The van der Waals surface area contributed by atoms with Crippen molar-refractivity contribution in [3.05, 3.63) is 42.1 Å². The molecule has 2 fully saturated rings. The molecular formula is C24H32FN5O2. The van der Waals surface area contributed by atoms with Gasteiger partial charge < -0.3 is 19.4 Å². The van der Waals surface area contributed by atoms with E-state index in [1.807, 2.05) is 27.7 Å². The first kappa shape index (κ1) is 22.5. The Bertz CT molecular complexity index is 974. The quantitative estimate of drug-likeness (QED) is 0.651. The van der Waals surface area contributed by atoms with Crippen LogP contribution >= 0.6 is 0 Å². The number of rotatable bonds is 7. The average Bonchev–Trinajstić information content (AvgIpc) is 2.68. The number of nitrogens with zero attached hydrogens (tertiary/aromatic N) is 5. The molecule has 1 amide bonds. The summed E-state index contributed by atoms with van der Waals surface area (Å²) in [5, 5.41) is 0. The maximum Gasteiger partial charge on any atom is 0.258 e. The van der Waals surface area contributed by atoms with Crippen molar-refractivity contribution in [2.75, 3.05) is 37.6 Å². The van der Waals surface area contributed by atoms with E-state index in [9.17, 15) is 9.18 Å². The summed E-state index contributed by atoms with van der Waals surface area (Å²) < 4.78 is 20.3. The molecule has 0 saturated carbocycles. The molecule has 2 aromatic rings. The molecule has 1 aromatic heterocycles. The molecule has 0 unspecified atom stereocenters. The van der Waals surface area contributed by atoms with Crippen LogP contribution in [0.2, 0.25) is 0 Å². The summed E-state index contributed by atoms with van der Waals surface area (Å²) >= 11 is 0. The fraction of sp³-hybridized carbons (Fsp3) is 0.542. The zero-order chi connectivity index (χ0) is 23.0. The molecule has 2 aliphatic rings. The van der Waals surface area contributed by atoms with Crippen molar-refractivity contribution in [1.82, 2.24) is 19.8 Å². The summed E-state index contributed by atoms with van der Waals surface area (Å²) in [5.74, 6) is 0.728. The molecule has 0 aliphatic carbocycles. The van der Waals surface area contributed by atoms with Crippen LogP contribution in [-0.4, -0.2) is 70.5 Å². The molecule has 0 radical (unpaired) electrons. The van der Waals surface area contributed by atoms with Crippen LogP contribution in [0.15, 0.2) is 30.7 Å². The van der Waals surface area contributed by atoms with Crippen molar-refractivity contribution in [2.24, 2.45) is 5.41 Å². The minimum absolute atomic E-state index is 0.0309. The Kier molecular flexibility index (Phi) is 6.07. The molecular weight excluding hydrogens is 409 g/mol. The summed E-state index contributed by atoms with van der Waals surface area (Å²) in [6.45, 7) is 15.1. The van der Waals surface area contributed by atoms with Crippen molar-refractivity contribution in [3.8, 4) is 11.5 Å². The molecule has 3 heterocycles. The van der Waals surface area contributed by atoms with E-state index in [0.717, 1.165) is 32.7 Å². The van der Waals surface area contributed by atoms with Gasteiger partial charge in [0.05, 0.1) is 11.8 Å². The predicted molar refractivity (Wildman–Crippen MR) is 122 cm³/mol. The van der Waals surface area contributed by atoms with E-state index >= 15 is 0 Å². The molecule has 7 nitrogen and oxygen atoms in total. The molecule has 32 heavy (non-hydrogen) atoms. The monoisotopic (exact) mass is 441 g/mol. The summed E-state index contributed by atoms with van der Waals surface area (Å²) in [5.41, 5.74) is 0.532. The van der Waals surface area contributed by atoms with Crippen molar-refractivity contribution in [2.45, 2.75) is 46.7 Å². The van der Waals surface area contributed by atoms with Gasteiger partial charge in [-0.1, -0.05) is 6.92 Å². The van der Waals surface area contributed by atoms with Gasteiger partial charge in [-0.25, -0.2) is 14.4 Å². The molecule has 2 aliphatic heterocycles. The Morgan fingerprint density at radius 3 is 2.47 bits per heavy atom. The highest BCUT2D eigenvalue weighted by Gasteiger charge is 2.52. The fourth-order valence-corrected chi connectivity index (χ4v) is 4.94. The summed E-state index contributed by atoms with van der Waals surface area (Å²) in [6.07, 6.45) is 3.11. The summed E-state index contributed by atoms with van der Waals surface area (Å²) in [6, 6.07) is 3.98. The highest BCUT2D eigenvalue weighted by molar-refractivity contribution is 5.97. The lowest BCUT2D eigenvalue weighted by Crippen LogP contribution is -2.72. The number of anilines is 1. The first-order chi connectivity index (χ1) is 15.2. The largest absolute Gasteiger partial charge is 0.451 e. The van der Waals surface area contributed by atoms with Crippen LogP contribution in [0.1, 0.15) is 45.0 Å². The molecule has 172 valence electrons. The maximum absolute atomic E-state index is 14.1. The molecule has 2 saturated heterocycles. The van der Waals surface area contributed by atoms with Crippen LogP contribution in [0.4, 0.5) is 10.2 Å². The minimum atomic E-state index is -0.479. The van der Waals surface area contributed by atoms with E-state index in [-0.39, 0.29) is 23.6 Å². The SMILES string of the molecule is CCN1CC2(C1)CN(c1ncncc1Oc1ccc(F)cc1C(=O)N(C(C)C)C(C)C)C2. The second kappa shape index (κ2) is 8.65. The number of hydrogen-bond acceptors (Lipinski definition) is 6. The zero-order valence-corrected chi connectivity index (χ0v) is 19.5. The molecule has 4 rings (SSSR count). The maximum atomic E-state index is 14.1. The van der Waals surface area contributed by atoms with Gasteiger partial charge in [-0.2, -0.15) is 0 Å². The number of likely N-dealkylation sites (tertiary alicyclic amines) is 1. The zero-order valence-electron chi connectivity index (χ0n) is 19.5. The third kappa shape index (κ3) is 4.16. The summed E-state index contributed by atoms with van der Waals surface area (Å²) in [4.78, 5) is 28.2. The van der Waals surface area contributed by atoms with E-state index in [1.165, 1.54) is 24.5 Å². The lowest BCUT2D eigenvalue weighted by Gasteiger charge is -2.60. The lowest BCUT2D eigenvalue weighted by molar-refractivity contribution is -0.0183. The van der Waals surface area contributed by atoms with Gasteiger partial charge in [-0.15, -0.1) is 0 Å². The Balaban J connectivity index is 1.58. The molecule has 0 bridgehead atoms. The molecule has 0 atom stereocenters. The number of benzene rings is 1. The van der Waals surface area contributed by atoms with Crippen molar-refractivity contribution in [3.63, 3.8) is 0 Å². The smallest absolute Gasteiger partial charge is 0.258 e. The van der Waals surface area contributed by atoms with Crippen LogP contribution in [-0.2, 0) is 0 Å². The highest BCUT2D eigenvalue weighted by atomic mass is 19.1. The Hall–Kier alpha value is -2.74. The normalized spacial score (nSPS) is 17.4. The van der Waals surface area contributed by atoms with Gasteiger partial charge in [-0.3, -0.25) is 4.79 Å². The molecule has 0 N–H and O–H groups in total. The Labute approximate surface area is 189 Å². The highest BCUT2D eigenvalue weighted by Crippen LogP contribution is 2.44. The number of ether oxygens (including phenoxy) is 1. The number of aromatic nitrogens is 2. The van der Waals surface area contributed by atoms with Gasteiger partial charge >= 0.3 is 0 Å². The van der Waals surface area contributed by atoms with E-state index in [1.54, 1.807) is 11.1 Å². The third-order valence-corrected chi connectivity index (χ3v) is 6.32. The Morgan fingerprint density at radius 2 is 1.84 bits per heavy atom. The molecule has 8 heteroatoms. The van der Waals surface area contributed by atoms with Gasteiger partial charge in [0.1, 0.15) is 17.9 Å². The predicted octanol–water partition coefficient (Wildman–Crippen LogP) is 3.81. The number of carbonyl (C=O) groups is 1.